The Morgan fingerprint density at radius 2 is 1.63 bits per heavy atom. The number of aromatic nitrogens is 1. The van der Waals surface area contributed by atoms with Crippen LogP contribution in [0.15, 0.2) is 24.3 Å². The van der Waals surface area contributed by atoms with Gasteiger partial charge in [-0.15, -0.1) is 0 Å². The lowest BCUT2D eigenvalue weighted by molar-refractivity contribution is -0.897. The minimum Gasteiger partial charge on any atom is -0.388 e. The molecule has 4 aliphatic rings. The predicted octanol–water partition coefficient (Wildman–Crippen LogP) is 8.17. The normalized spacial score (nSPS) is 24.4. The molecule has 238 valence electrons. The standard InChI is InChI=1S/C33H46NO4.C5H12/c1-31(2,3)23-11-9-22(10-12-23)30-27-28(33(38-30)15-7-8-16-33)26-24(19-32(4,5)20-25(26)35)34(36-6)29(27)21-13-17-37-18-14-21;1-4-5(2)3/h9-12,21,25,30,35H,7-8,13-20H2,1-6H3;5H,4H2,1-3H3/q+1;. The van der Waals surface area contributed by atoms with E-state index in [1.165, 1.54) is 34.4 Å². The monoisotopic (exact) mass is 592 g/mol. The van der Waals surface area contributed by atoms with E-state index in [9.17, 15) is 5.11 Å². The summed E-state index contributed by atoms with van der Waals surface area (Å²) in [5.41, 5.74) is 8.35. The Kier molecular flexibility index (Phi) is 9.39. The summed E-state index contributed by atoms with van der Waals surface area (Å²) in [7, 11) is 1.79. The number of rotatable bonds is 4. The molecular weight excluding hydrogens is 534 g/mol. The summed E-state index contributed by atoms with van der Waals surface area (Å²) >= 11 is 0. The largest absolute Gasteiger partial charge is 0.388 e. The highest BCUT2D eigenvalue weighted by Gasteiger charge is 2.57. The van der Waals surface area contributed by atoms with Crippen LogP contribution < -0.4 is 9.57 Å². The molecule has 1 saturated carbocycles. The molecule has 6 rings (SSSR count). The third-order valence-electron chi connectivity index (χ3n) is 10.5. The van der Waals surface area contributed by atoms with E-state index >= 15 is 0 Å². The van der Waals surface area contributed by atoms with Crippen molar-refractivity contribution in [2.45, 2.75) is 142 Å². The lowest BCUT2D eigenvalue weighted by atomic mass is 9.70. The molecule has 1 N–H and O–H groups in total. The smallest absolute Gasteiger partial charge is 0.244 e. The lowest BCUT2D eigenvalue weighted by Crippen LogP contribution is -2.54. The summed E-state index contributed by atoms with van der Waals surface area (Å²) in [6.45, 7) is 19.5. The quantitative estimate of drug-likeness (QED) is 0.364. The second-order valence-corrected chi connectivity index (χ2v) is 15.8. The minimum atomic E-state index is -0.518. The van der Waals surface area contributed by atoms with Crippen molar-refractivity contribution in [2.24, 2.45) is 11.3 Å². The molecule has 1 spiro atoms. The summed E-state index contributed by atoms with van der Waals surface area (Å²) in [6.07, 6.45) is 8.58. The van der Waals surface area contributed by atoms with Crippen LogP contribution >= 0.6 is 0 Å². The van der Waals surface area contributed by atoms with Crippen molar-refractivity contribution in [3.63, 3.8) is 0 Å². The first-order chi connectivity index (χ1) is 20.3. The molecule has 2 aliphatic heterocycles. The van der Waals surface area contributed by atoms with Gasteiger partial charge in [-0.05, 0) is 60.0 Å². The number of aliphatic hydroxyl groups is 1. The van der Waals surface area contributed by atoms with E-state index in [4.69, 9.17) is 14.3 Å². The predicted molar refractivity (Wildman–Crippen MR) is 172 cm³/mol. The van der Waals surface area contributed by atoms with Crippen molar-refractivity contribution in [1.29, 1.82) is 0 Å². The van der Waals surface area contributed by atoms with E-state index in [2.05, 4.69) is 84.4 Å². The number of fused-ring (bicyclic) bond motifs is 4. The molecule has 1 aromatic heterocycles. The van der Waals surface area contributed by atoms with Gasteiger partial charge >= 0.3 is 0 Å². The van der Waals surface area contributed by atoms with Gasteiger partial charge in [-0.1, -0.05) is 98.9 Å². The number of aliphatic hydroxyl groups excluding tert-OH is 1. The zero-order valence-corrected chi connectivity index (χ0v) is 28.5. The van der Waals surface area contributed by atoms with Gasteiger partial charge in [-0.25, -0.2) is 0 Å². The Bertz CT molecular complexity index is 1260. The molecular formula is C38H58NO4+. The van der Waals surface area contributed by atoms with Crippen LogP contribution in [0.5, 0.6) is 0 Å². The number of hydrogen-bond donors (Lipinski definition) is 1. The van der Waals surface area contributed by atoms with Crippen LogP contribution in [0.25, 0.3) is 0 Å². The number of benzene rings is 1. The van der Waals surface area contributed by atoms with Crippen molar-refractivity contribution in [3.8, 4) is 0 Å². The fraction of sp³-hybridized carbons (Fsp3) is 0.711. The Hall–Kier alpha value is -1.95. The number of hydrogen-bond acceptors (Lipinski definition) is 4. The first-order valence-corrected chi connectivity index (χ1v) is 17.1. The minimum absolute atomic E-state index is 0.00162. The van der Waals surface area contributed by atoms with E-state index in [0.29, 0.717) is 5.92 Å². The Morgan fingerprint density at radius 1 is 1.02 bits per heavy atom. The fourth-order valence-electron chi connectivity index (χ4n) is 7.83. The van der Waals surface area contributed by atoms with Crippen molar-refractivity contribution in [1.82, 2.24) is 0 Å². The molecule has 0 bridgehead atoms. The van der Waals surface area contributed by atoms with Gasteiger partial charge in [0.25, 0.3) is 0 Å². The summed E-state index contributed by atoms with van der Waals surface area (Å²) in [5.74, 6) is 1.22. The average Bonchev–Trinajstić information content (AvgIpc) is 3.57. The van der Waals surface area contributed by atoms with E-state index in [1.54, 1.807) is 7.11 Å². The summed E-state index contributed by atoms with van der Waals surface area (Å²) in [6, 6.07) is 9.08. The molecule has 43 heavy (non-hydrogen) atoms. The van der Waals surface area contributed by atoms with Gasteiger partial charge in [-0.2, -0.15) is 0 Å². The van der Waals surface area contributed by atoms with Gasteiger partial charge in [0.1, 0.15) is 13.2 Å². The molecule has 2 unspecified atom stereocenters. The first-order valence-electron chi connectivity index (χ1n) is 17.1. The van der Waals surface area contributed by atoms with Gasteiger partial charge in [0, 0.05) is 29.9 Å². The average molecular weight is 593 g/mol. The van der Waals surface area contributed by atoms with Crippen molar-refractivity contribution >= 4 is 0 Å². The molecule has 0 radical (unpaired) electrons. The van der Waals surface area contributed by atoms with Gasteiger partial charge in [0.05, 0.1) is 28.7 Å². The van der Waals surface area contributed by atoms with E-state index in [0.717, 1.165) is 81.8 Å². The molecule has 3 heterocycles. The SMILES string of the molecule is CCC(C)C.CO[n+]1c2c(c3c(c1C1CCOCC1)C(c1ccc(C(C)(C)C)cc1)OC31CCCC1)C(O)CC(C)(C)C2. The third-order valence-corrected chi connectivity index (χ3v) is 10.5. The van der Waals surface area contributed by atoms with Gasteiger partial charge in [0.2, 0.25) is 11.4 Å². The topological polar surface area (TPSA) is 51.8 Å². The van der Waals surface area contributed by atoms with Crippen LogP contribution in [0.4, 0.5) is 0 Å². The van der Waals surface area contributed by atoms with Gasteiger partial charge in [0.15, 0.2) is 0 Å². The molecule has 2 fully saturated rings. The first kappa shape index (κ1) is 32.4. The van der Waals surface area contributed by atoms with E-state index < -0.39 is 6.10 Å². The van der Waals surface area contributed by atoms with Crippen molar-refractivity contribution < 1.29 is 24.1 Å². The summed E-state index contributed by atoms with van der Waals surface area (Å²) < 4.78 is 15.2. The Morgan fingerprint density at radius 3 is 2.16 bits per heavy atom. The second kappa shape index (κ2) is 12.4. The molecule has 5 nitrogen and oxygen atoms in total. The number of nitrogens with zero attached hydrogens (tertiary/aromatic N) is 1. The van der Waals surface area contributed by atoms with Gasteiger partial charge < -0.3 is 14.6 Å². The van der Waals surface area contributed by atoms with Crippen molar-refractivity contribution in [2.75, 3.05) is 20.3 Å². The Balaban J connectivity index is 0.000000682. The van der Waals surface area contributed by atoms with Crippen LogP contribution in [-0.2, 0) is 26.9 Å². The zero-order valence-electron chi connectivity index (χ0n) is 28.5. The van der Waals surface area contributed by atoms with Crippen LogP contribution in [0.1, 0.15) is 164 Å². The van der Waals surface area contributed by atoms with Crippen LogP contribution in [0.3, 0.4) is 0 Å². The molecule has 1 saturated heterocycles. The van der Waals surface area contributed by atoms with Crippen LogP contribution in [-0.4, -0.2) is 25.4 Å². The van der Waals surface area contributed by atoms with E-state index in [-0.39, 0.29) is 22.5 Å². The molecule has 2 aromatic rings. The molecule has 5 heteroatoms. The number of pyridine rings is 1. The number of ether oxygens (including phenoxy) is 2. The van der Waals surface area contributed by atoms with Gasteiger partial charge in [-0.3, -0.25) is 4.84 Å². The maximum absolute atomic E-state index is 11.8. The van der Waals surface area contributed by atoms with Crippen LogP contribution in [0.2, 0.25) is 0 Å². The summed E-state index contributed by atoms with van der Waals surface area (Å²) in [5, 5.41) is 11.8. The second-order valence-electron chi connectivity index (χ2n) is 15.8. The lowest BCUT2D eigenvalue weighted by Gasteiger charge is -2.36. The highest BCUT2D eigenvalue weighted by atomic mass is 16.6. The maximum atomic E-state index is 11.8. The highest BCUT2D eigenvalue weighted by Crippen LogP contribution is 2.59. The van der Waals surface area contributed by atoms with E-state index in [1.807, 2.05) is 0 Å². The Labute approximate surface area is 261 Å². The molecule has 2 atom stereocenters. The van der Waals surface area contributed by atoms with Crippen LogP contribution in [0, 0.1) is 11.3 Å². The van der Waals surface area contributed by atoms with Crippen molar-refractivity contribution in [3.05, 3.63) is 63.5 Å². The maximum Gasteiger partial charge on any atom is 0.244 e. The third kappa shape index (κ3) is 6.29. The molecule has 1 aromatic carbocycles. The molecule has 2 aliphatic carbocycles. The highest BCUT2D eigenvalue weighted by molar-refractivity contribution is 5.53. The zero-order chi connectivity index (χ0) is 31.2. The summed E-state index contributed by atoms with van der Waals surface area (Å²) in [4.78, 5) is 6.27. The molecule has 0 amide bonds. The fourth-order valence-corrected chi connectivity index (χ4v) is 7.83.